The van der Waals surface area contributed by atoms with E-state index in [4.69, 9.17) is 4.74 Å². The number of anilines is 1. The molecular weight excluding hydrogens is 376 g/mol. The summed E-state index contributed by atoms with van der Waals surface area (Å²) in [5.74, 6) is 1.11. The highest BCUT2D eigenvalue weighted by Gasteiger charge is 2.08. The highest BCUT2D eigenvalue weighted by atomic mass is 32.2. The van der Waals surface area contributed by atoms with Crippen LogP contribution in [-0.2, 0) is 16.6 Å². The summed E-state index contributed by atoms with van der Waals surface area (Å²) in [5, 5.41) is 2.82. The van der Waals surface area contributed by atoms with E-state index in [0.717, 1.165) is 17.6 Å². The highest BCUT2D eigenvalue weighted by Crippen LogP contribution is 2.21. The van der Waals surface area contributed by atoms with Gasteiger partial charge in [-0.3, -0.25) is 9.52 Å². The summed E-state index contributed by atoms with van der Waals surface area (Å²) < 4.78 is 30.8. The molecule has 3 aromatic carbocycles. The zero-order valence-electron chi connectivity index (χ0n) is 15.3. The van der Waals surface area contributed by atoms with Crippen LogP contribution in [0, 0.1) is 0 Å². The Morgan fingerprint density at radius 1 is 0.893 bits per heavy atom. The summed E-state index contributed by atoms with van der Waals surface area (Å²) in [6, 6.07) is 23.2. The molecule has 0 aromatic heterocycles. The van der Waals surface area contributed by atoms with Crippen LogP contribution in [0.1, 0.15) is 15.9 Å². The number of carbonyl (C=O) groups is 1. The molecule has 0 radical (unpaired) electrons. The maximum absolute atomic E-state index is 12.4. The van der Waals surface area contributed by atoms with E-state index in [1.54, 1.807) is 18.2 Å². The first-order chi connectivity index (χ1) is 13.4. The summed E-state index contributed by atoms with van der Waals surface area (Å²) in [4.78, 5) is 12.4. The van der Waals surface area contributed by atoms with E-state index < -0.39 is 10.0 Å². The fourth-order valence-electron chi connectivity index (χ4n) is 2.57. The molecule has 0 aliphatic rings. The summed E-state index contributed by atoms with van der Waals surface area (Å²) in [7, 11) is -3.40. The highest BCUT2D eigenvalue weighted by molar-refractivity contribution is 7.92. The molecule has 28 heavy (non-hydrogen) atoms. The zero-order valence-corrected chi connectivity index (χ0v) is 16.1. The Hall–Kier alpha value is -3.32. The van der Waals surface area contributed by atoms with Crippen molar-refractivity contribution in [1.82, 2.24) is 5.32 Å². The number of carbonyl (C=O) groups excluding carboxylic acids is 1. The average molecular weight is 396 g/mol. The Morgan fingerprint density at radius 3 is 2.36 bits per heavy atom. The predicted molar refractivity (Wildman–Crippen MR) is 109 cm³/mol. The quantitative estimate of drug-likeness (QED) is 0.637. The number of rotatable bonds is 7. The van der Waals surface area contributed by atoms with E-state index in [0.29, 0.717) is 23.5 Å². The van der Waals surface area contributed by atoms with Crippen LogP contribution >= 0.6 is 0 Å². The van der Waals surface area contributed by atoms with Gasteiger partial charge >= 0.3 is 0 Å². The normalized spacial score (nSPS) is 10.9. The third-order valence-electron chi connectivity index (χ3n) is 3.76. The topological polar surface area (TPSA) is 84.5 Å². The molecule has 0 aliphatic heterocycles. The summed E-state index contributed by atoms with van der Waals surface area (Å²) >= 11 is 0. The van der Waals surface area contributed by atoms with E-state index in [-0.39, 0.29) is 5.91 Å². The van der Waals surface area contributed by atoms with Crippen LogP contribution in [0.3, 0.4) is 0 Å². The first-order valence-electron chi connectivity index (χ1n) is 8.57. The van der Waals surface area contributed by atoms with Gasteiger partial charge in [0.15, 0.2) is 0 Å². The van der Waals surface area contributed by atoms with Crippen molar-refractivity contribution in [3.8, 4) is 11.5 Å². The number of benzene rings is 3. The number of amides is 1. The van der Waals surface area contributed by atoms with Crippen molar-refractivity contribution in [2.24, 2.45) is 0 Å². The van der Waals surface area contributed by atoms with Crippen LogP contribution in [0.25, 0.3) is 0 Å². The van der Waals surface area contributed by atoms with Crippen molar-refractivity contribution in [3.05, 3.63) is 90.0 Å². The summed E-state index contributed by atoms with van der Waals surface area (Å²) in [6.45, 7) is 0.314. The standard InChI is InChI=1S/C21H20N2O4S/c1-28(25,26)23-18-9-6-8-17(14-18)21(24)22-15-16-7-5-12-20(13-16)27-19-10-3-2-4-11-19/h2-14,23H,15H2,1H3,(H,22,24). The molecule has 0 aliphatic carbocycles. The average Bonchev–Trinajstić information content (AvgIpc) is 2.66. The van der Waals surface area contributed by atoms with Gasteiger partial charge in [-0.05, 0) is 48.0 Å². The molecule has 0 spiro atoms. The number of hydrogen-bond donors (Lipinski definition) is 2. The monoisotopic (exact) mass is 396 g/mol. The van der Waals surface area contributed by atoms with Gasteiger partial charge in [0.05, 0.1) is 6.26 Å². The van der Waals surface area contributed by atoms with Crippen molar-refractivity contribution in [3.63, 3.8) is 0 Å². The predicted octanol–water partition coefficient (Wildman–Crippen LogP) is 3.78. The fraction of sp³-hybridized carbons (Fsp3) is 0.0952. The van der Waals surface area contributed by atoms with E-state index in [9.17, 15) is 13.2 Å². The van der Waals surface area contributed by atoms with Gasteiger partial charge in [0, 0.05) is 17.8 Å². The van der Waals surface area contributed by atoms with Crippen LogP contribution in [0.4, 0.5) is 5.69 Å². The number of sulfonamides is 1. The molecule has 3 rings (SSSR count). The molecule has 0 saturated heterocycles. The lowest BCUT2D eigenvalue weighted by molar-refractivity contribution is 0.0951. The Kier molecular flexibility index (Phi) is 5.96. The van der Waals surface area contributed by atoms with Gasteiger partial charge in [-0.2, -0.15) is 0 Å². The van der Waals surface area contributed by atoms with Gasteiger partial charge in [-0.15, -0.1) is 0 Å². The molecule has 6 nitrogen and oxygen atoms in total. The largest absolute Gasteiger partial charge is 0.457 e. The number of ether oxygens (including phenoxy) is 1. The van der Waals surface area contributed by atoms with Crippen molar-refractivity contribution in [1.29, 1.82) is 0 Å². The molecule has 0 fully saturated rings. The van der Waals surface area contributed by atoms with Gasteiger partial charge in [0.1, 0.15) is 11.5 Å². The molecule has 0 atom stereocenters. The minimum absolute atomic E-state index is 0.300. The fourth-order valence-corrected chi connectivity index (χ4v) is 3.12. The van der Waals surface area contributed by atoms with Gasteiger partial charge in [0.2, 0.25) is 10.0 Å². The molecule has 0 saturated carbocycles. The molecule has 1 amide bonds. The van der Waals surface area contributed by atoms with E-state index >= 15 is 0 Å². The molecule has 3 aromatic rings. The van der Waals surface area contributed by atoms with Crippen molar-refractivity contribution in [2.75, 3.05) is 11.0 Å². The molecule has 0 heterocycles. The molecule has 144 valence electrons. The number of hydrogen-bond acceptors (Lipinski definition) is 4. The first kappa shape index (κ1) is 19.4. The Labute approximate surface area is 164 Å². The van der Waals surface area contributed by atoms with Crippen LogP contribution in [0.2, 0.25) is 0 Å². The Bertz CT molecular complexity index is 1070. The zero-order chi connectivity index (χ0) is 20.0. The second kappa shape index (κ2) is 8.58. The minimum Gasteiger partial charge on any atom is -0.457 e. The lowest BCUT2D eigenvalue weighted by Crippen LogP contribution is -2.23. The van der Waals surface area contributed by atoms with E-state index in [2.05, 4.69) is 10.0 Å². The Balaban J connectivity index is 1.63. The first-order valence-corrected chi connectivity index (χ1v) is 10.5. The van der Waals surface area contributed by atoms with Gasteiger partial charge < -0.3 is 10.1 Å². The van der Waals surface area contributed by atoms with E-state index in [1.165, 1.54) is 6.07 Å². The van der Waals surface area contributed by atoms with Crippen molar-refractivity contribution in [2.45, 2.75) is 6.54 Å². The maximum atomic E-state index is 12.4. The van der Waals surface area contributed by atoms with Crippen LogP contribution in [0.5, 0.6) is 11.5 Å². The number of nitrogens with one attached hydrogen (secondary N) is 2. The molecule has 0 bridgehead atoms. The lowest BCUT2D eigenvalue weighted by atomic mass is 10.1. The number of para-hydroxylation sites is 1. The molecule has 2 N–H and O–H groups in total. The van der Waals surface area contributed by atoms with Gasteiger partial charge in [0.25, 0.3) is 5.91 Å². The Morgan fingerprint density at radius 2 is 1.61 bits per heavy atom. The van der Waals surface area contributed by atoms with Crippen LogP contribution < -0.4 is 14.8 Å². The lowest BCUT2D eigenvalue weighted by Gasteiger charge is -2.10. The third-order valence-corrected chi connectivity index (χ3v) is 4.36. The van der Waals surface area contributed by atoms with Gasteiger partial charge in [-0.1, -0.05) is 36.4 Å². The molecular formula is C21H20N2O4S. The summed E-state index contributed by atoms with van der Waals surface area (Å²) in [6.07, 6.45) is 1.06. The van der Waals surface area contributed by atoms with E-state index in [1.807, 2.05) is 54.6 Å². The second-order valence-corrected chi connectivity index (χ2v) is 7.95. The molecule has 0 unspecified atom stereocenters. The second-order valence-electron chi connectivity index (χ2n) is 6.20. The van der Waals surface area contributed by atoms with Crippen molar-refractivity contribution >= 4 is 21.6 Å². The SMILES string of the molecule is CS(=O)(=O)Nc1cccc(C(=O)NCc2cccc(Oc3ccccc3)c2)c1. The maximum Gasteiger partial charge on any atom is 0.251 e. The minimum atomic E-state index is -3.40. The van der Waals surface area contributed by atoms with Crippen LogP contribution in [0.15, 0.2) is 78.9 Å². The smallest absolute Gasteiger partial charge is 0.251 e. The van der Waals surface area contributed by atoms with Crippen LogP contribution in [-0.4, -0.2) is 20.6 Å². The molecule has 7 heteroatoms. The van der Waals surface area contributed by atoms with Gasteiger partial charge in [-0.25, -0.2) is 8.42 Å². The summed E-state index contributed by atoms with van der Waals surface area (Å²) in [5.41, 5.74) is 1.59. The third kappa shape index (κ3) is 5.85. The van der Waals surface area contributed by atoms with Crippen molar-refractivity contribution < 1.29 is 17.9 Å².